The molecule has 2 fully saturated rings. The number of amides is 4. The average molecular weight is 254 g/mol. The quantitative estimate of drug-likeness (QED) is 0.558. The Morgan fingerprint density at radius 2 is 1.94 bits per heavy atom. The number of ether oxygens (including phenoxy) is 1. The number of urea groups is 1. The van der Waals surface area contributed by atoms with E-state index >= 15 is 0 Å². The second kappa shape index (κ2) is 5.06. The van der Waals surface area contributed by atoms with Gasteiger partial charge in [0.25, 0.3) is 0 Å². The first kappa shape index (κ1) is 13.0. The minimum absolute atomic E-state index is 0.317. The summed E-state index contributed by atoms with van der Waals surface area (Å²) in [6, 6.07) is -0.575. The van der Waals surface area contributed by atoms with Crippen LogP contribution in [0.4, 0.5) is 4.79 Å². The zero-order chi connectivity index (χ0) is 13.2. The first-order chi connectivity index (χ1) is 8.62. The number of nitrogens with zero attached hydrogens (tertiary/aromatic N) is 1. The van der Waals surface area contributed by atoms with Crippen molar-refractivity contribution in [1.82, 2.24) is 10.2 Å². The number of hydrogen-bond acceptors (Lipinski definition) is 4. The Kier molecular flexibility index (Phi) is 3.65. The number of carbonyl (C=O) groups excluding carboxylic acids is 3. The lowest BCUT2D eigenvalue weighted by Crippen LogP contribution is -2.59. The molecule has 1 spiro atoms. The van der Waals surface area contributed by atoms with Gasteiger partial charge in [-0.15, -0.1) is 0 Å². The highest BCUT2D eigenvalue weighted by atomic mass is 16.5. The largest absolute Gasteiger partial charge is 0.385 e. The fourth-order valence-corrected chi connectivity index (χ4v) is 2.19. The predicted octanol–water partition coefficient (Wildman–Crippen LogP) is 0.662. The molecule has 100 valence electrons. The Balaban J connectivity index is 1.85. The Morgan fingerprint density at radius 1 is 1.22 bits per heavy atom. The lowest BCUT2D eigenvalue weighted by atomic mass is 10.0. The molecule has 0 bridgehead atoms. The van der Waals surface area contributed by atoms with Crippen LogP contribution in [0.3, 0.4) is 0 Å². The molecule has 0 radical (unpaired) electrons. The highest BCUT2D eigenvalue weighted by molar-refractivity contribution is 6.20. The molecule has 4 amide bonds. The molecule has 1 aliphatic heterocycles. The number of carbonyl (C=O) groups is 3. The molecule has 0 atom stereocenters. The predicted molar refractivity (Wildman–Crippen MR) is 62.6 cm³/mol. The lowest BCUT2D eigenvalue weighted by Gasteiger charge is -2.30. The van der Waals surface area contributed by atoms with Gasteiger partial charge in [-0.3, -0.25) is 19.8 Å². The van der Waals surface area contributed by atoms with Crippen molar-refractivity contribution in [3.05, 3.63) is 0 Å². The van der Waals surface area contributed by atoms with Crippen LogP contribution in [0.25, 0.3) is 0 Å². The highest BCUT2D eigenvalue weighted by Gasteiger charge is 2.61. The van der Waals surface area contributed by atoms with Crippen molar-refractivity contribution < 1.29 is 19.1 Å². The van der Waals surface area contributed by atoms with Crippen molar-refractivity contribution in [2.45, 2.75) is 32.1 Å². The smallest absolute Gasteiger partial charge is 0.330 e. The van der Waals surface area contributed by atoms with Gasteiger partial charge >= 0.3 is 6.03 Å². The maximum Gasteiger partial charge on any atom is 0.330 e. The van der Waals surface area contributed by atoms with Crippen LogP contribution in [-0.4, -0.2) is 43.0 Å². The molecule has 2 aliphatic rings. The van der Waals surface area contributed by atoms with Crippen LogP contribution in [-0.2, 0) is 14.3 Å². The molecule has 18 heavy (non-hydrogen) atoms. The summed E-state index contributed by atoms with van der Waals surface area (Å²) < 4.78 is 4.93. The first-order valence-corrected chi connectivity index (χ1v) is 6.28. The molecule has 0 aromatic rings. The zero-order valence-corrected chi connectivity index (χ0v) is 10.5. The summed E-state index contributed by atoms with van der Waals surface area (Å²) in [6.07, 6.45) is 3.67. The number of hydrogen-bond donors (Lipinski definition) is 1. The fraction of sp³-hybridized carbons (Fsp3) is 0.750. The number of methoxy groups -OCH3 is 1. The summed E-state index contributed by atoms with van der Waals surface area (Å²) in [6.45, 7) is 1.06. The minimum Gasteiger partial charge on any atom is -0.385 e. The molecule has 0 unspecified atom stereocenters. The van der Waals surface area contributed by atoms with E-state index in [9.17, 15) is 14.4 Å². The van der Waals surface area contributed by atoms with E-state index in [2.05, 4.69) is 5.32 Å². The number of imide groups is 2. The van der Waals surface area contributed by atoms with Gasteiger partial charge in [0.1, 0.15) is 5.41 Å². The van der Waals surface area contributed by atoms with E-state index in [1.807, 2.05) is 0 Å². The second-order valence-corrected chi connectivity index (χ2v) is 4.85. The third kappa shape index (κ3) is 2.25. The Labute approximate surface area is 106 Å². The van der Waals surface area contributed by atoms with Crippen molar-refractivity contribution in [2.24, 2.45) is 5.41 Å². The van der Waals surface area contributed by atoms with Crippen LogP contribution >= 0.6 is 0 Å². The lowest BCUT2D eigenvalue weighted by molar-refractivity contribution is -0.144. The monoisotopic (exact) mass is 254 g/mol. The van der Waals surface area contributed by atoms with Crippen LogP contribution in [0.1, 0.15) is 32.1 Å². The van der Waals surface area contributed by atoms with Crippen LogP contribution < -0.4 is 5.32 Å². The van der Waals surface area contributed by atoms with Gasteiger partial charge in [-0.25, -0.2) is 4.79 Å². The van der Waals surface area contributed by atoms with E-state index < -0.39 is 17.4 Å². The molecule has 2 rings (SSSR count). The summed E-state index contributed by atoms with van der Waals surface area (Å²) in [7, 11) is 1.64. The van der Waals surface area contributed by atoms with Gasteiger partial charge in [0.05, 0.1) is 0 Å². The van der Waals surface area contributed by atoms with E-state index in [0.29, 0.717) is 26.0 Å². The topological polar surface area (TPSA) is 75.7 Å². The van der Waals surface area contributed by atoms with Crippen molar-refractivity contribution in [1.29, 1.82) is 0 Å². The van der Waals surface area contributed by atoms with E-state index in [4.69, 9.17) is 4.74 Å². The van der Waals surface area contributed by atoms with Gasteiger partial charge in [0, 0.05) is 20.3 Å². The Bertz CT molecular complexity index is 376. The van der Waals surface area contributed by atoms with Gasteiger partial charge in [-0.2, -0.15) is 0 Å². The highest BCUT2D eigenvalue weighted by Crippen LogP contribution is 2.48. The molecule has 1 saturated carbocycles. The summed E-state index contributed by atoms with van der Waals surface area (Å²) >= 11 is 0. The van der Waals surface area contributed by atoms with Crippen LogP contribution in [0.5, 0.6) is 0 Å². The van der Waals surface area contributed by atoms with E-state index in [1.54, 1.807) is 7.11 Å². The van der Waals surface area contributed by atoms with E-state index in [-0.39, 0.29) is 5.91 Å². The summed E-state index contributed by atoms with van der Waals surface area (Å²) in [5, 5.41) is 2.27. The third-order valence-corrected chi connectivity index (χ3v) is 3.53. The first-order valence-electron chi connectivity index (χ1n) is 6.28. The summed E-state index contributed by atoms with van der Waals surface area (Å²) in [4.78, 5) is 36.4. The fourth-order valence-electron chi connectivity index (χ4n) is 2.19. The van der Waals surface area contributed by atoms with Gasteiger partial charge < -0.3 is 4.74 Å². The molecular formula is C12H18N2O4. The molecule has 1 aliphatic carbocycles. The Morgan fingerprint density at radius 3 is 2.56 bits per heavy atom. The summed E-state index contributed by atoms with van der Waals surface area (Å²) in [5.74, 6) is -0.740. The van der Waals surface area contributed by atoms with Crippen molar-refractivity contribution in [3.8, 4) is 0 Å². The molecule has 0 aromatic carbocycles. The van der Waals surface area contributed by atoms with Gasteiger partial charge in [0.15, 0.2) is 0 Å². The van der Waals surface area contributed by atoms with Crippen LogP contribution in [0.2, 0.25) is 0 Å². The van der Waals surface area contributed by atoms with E-state index in [1.165, 1.54) is 4.90 Å². The Hall–Kier alpha value is -1.43. The van der Waals surface area contributed by atoms with Crippen LogP contribution in [0.15, 0.2) is 0 Å². The third-order valence-electron chi connectivity index (χ3n) is 3.53. The zero-order valence-electron chi connectivity index (χ0n) is 10.5. The van der Waals surface area contributed by atoms with Gasteiger partial charge in [-0.1, -0.05) is 0 Å². The second-order valence-electron chi connectivity index (χ2n) is 4.85. The number of unbranched alkanes of at least 4 members (excludes halogenated alkanes) is 2. The summed E-state index contributed by atoms with van der Waals surface area (Å²) in [5.41, 5.74) is -0.916. The van der Waals surface area contributed by atoms with Gasteiger partial charge in [-0.05, 0) is 32.1 Å². The van der Waals surface area contributed by atoms with Crippen molar-refractivity contribution >= 4 is 17.8 Å². The maximum absolute atomic E-state index is 12.1. The molecule has 1 saturated heterocycles. The average Bonchev–Trinajstić information content (AvgIpc) is 3.12. The van der Waals surface area contributed by atoms with Crippen molar-refractivity contribution in [2.75, 3.05) is 20.3 Å². The van der Waals surface area contributed by atoms with Gasteiger partial charge in [0.2, 0.25) is 11.8 Å². The molecule has 6 nitrogen and oxygen atoms in total. The number of barbiturate groups is 1. The normalized spacial score (nSPS) is 21.4. The van der Waals surface area contributed by atoms with Crippen LogP contribution in [0, 0.1) is 5.41 Å². The minimum atomic E-state index is -0.916. The molecule has 0 aromatic heterocycles. The van der Waals surface area contributed by atoms with Crippen molar-refractivity contribution in [3.63, 3.8) is 0 Å². The molecule has 6 heteroatoms. The SMILES string of the molecule is COCCCCCN1C(=O)NC(=O)C2(CC2)C1=O. The molecular weight excluding hydrogens is 236 g/mol. The maximum atomic E-state index is 12.1. The standard InChI is InChI=1S/C12H18N2O4/c1-18-8-4-2-3-7-14-10(16)12(5-6-12)9(15)13-11(14)17/h2-8H2,1H3,(H,13,15,17). The van der Waals surface area contributed by atoms with E-state index in [0.717, 1.165) is 19.3 Å². The number of rotatable bonds is 6. The molecule has 1 N–H and O–H groups in total. The number of nitrogens with one attached hydrogen (secondary N) is 1. The molecule has 1 heterocycles.